The van der Waals surface area contributed by atoms with Gasteiger partial charge in [0.15, 0.2) is 0 Å². The van der Waals surface area contributed by atoms with E-state index in [0.29, 0.717) is 18.9 Å². The van der Waals surface area contributed by atoms with Crippen LogP contribution in [0.4, 0.5) is 0 Å². The van der Waals surface area contributed by atoms with Crippen LogP contribution >= 0.6 is 0 Å². The number of ether oxygens (including phenoxy) is 1. The molecule has 0 unspecified atom stereocenters. The summed E-state index contributed by atoms with van der Waals surface area (Å²) in [5.41, 5.74) is 1.15. The van der Waals surface area contributed by atoms with E-state index >= 15 is 0 Å². The number of nitriles is 1. The molecule has 1 aromatic carbocycles. The van der Waals surface area contributed by atoms with E-state index in [1.54, 1.807) is 0 Å². The van der Waals surface area contributed by atoms with Gasteiger partial charge in [-0.25, -0.2) is 0 Å². The first-order chi connectivity index (χ1) is 7.24. The molecule has 0 aliphatic rings. The molecule has 0 aliphatic carbocycles. The van der Waals surface area contributed by atoms with E-state index < -0.39 is 0 Å². The maximum atomic E-state index is 8.65. The van der Waals surface area contributed by atoms with Crippen LogP contribution in [-0.2, 0) is 11.3 Å². The average Bonchev–Trinajstić information content (AvgIpc) is 2.25. The molecule has 1 rings (SSSR count). The van der Waals surface area contributed by atoms with E-state index in [4.69, 9.17) is 10.00 Å². The van der Waals surface area contributed by atoms with Crippen molar-refractivity contribution in [2.45, 2.75) is 33.0 Å². The highest BCUT2D eigenvalue weighted by atomic mass is 16.5. The molecule has 0 amide bonds. The van der Waals surface area contributed by atoms with Crippen molar-refractivity contribution in [3.8, 4) is 6.07 Å². The maximum absolute atomic E-state index is 8.65. The Morgan fingerprint density at radius 3 is 2.47 bits per heavy atom. The fraction of sp³-hybridized carbons (Fsp3) is 0.462. The summed E-state index contributed by atoms with van der Waals surface area (Å²) in [7, 11) is 0. The van der Waals surface area contributed by atoms with Gasteiger partial charge in [-0.2, -0.15) is 5.26 Å². The van der Waals surface area contributed by atoms with Crippen molar-refractivity contribution in [3.05, 3.63) is 35.9 Å². The third kappa shape index (κ3) is 4.14. The Kier molecular flexibility index (Phi) is 4.86. The van der Waals surface area contributed by atoms with Crippen molar-refractivity contribution in [1.82, 2.24) is 0 Å². The van der Waals surface area contributed by atoms with E-state index in [9.17, 15) is 0 Å². The first kappa shape index (κ1) is 11.7. The number of hydrogen-bond acceptors (Lipinski definition) is 2. The molecule has 2 heteroatoms. The topological polar surface area (TPSA) is 33.0 Å². The predicted molar refractivity (Wildman–Crippen MR) is 60.1 cm³/mol. The summed E-state index contributed by atoms with van der Waals surface area (Å²) in [5.74, 6) is 0.383. The van der Waals surface area contributed by atoms with E-state index in [-0.39, 0.29) is 6.10 Å². The number of rotatable bonds is 5. The Morgan fingerprint density at radius 1 is 1.27 bits per heavy atom. The van der Waals surface area contributed by atoms with E-state index in [0.717, 1.165) is 5.56 Å². The fourth-order valence-corrected chi connectivity index (χ4v) is 1.35. The second-order valence-electron chi connectivity index (χ2n) is 3.94. The van der Waals surface area contributed by atoms with Gasteiger partial charge in [0, 0.05) is 0 Å². The lowest BCUT2D eigenvalue weighted by atomic mass is 10.0. The molecule has 0 saturated heterocycles. The second kappa shape index (κ2) is 6.21. The van der Waals surface area contributed by atoms with Crippen molar-refractivity contribution >= 4 is 0 Å². The normalized spacial score (nSPS) is 12.4. The summed E-state index contributed by atoms with van der Waals surface area (Å²) in [4.78, 5) is 0. The van der Waals surface area contributed by atoms with Crippen LogP contribution in [0.1, 0.15) is 25.8 Å². The van der Waals surface area contributed by atoms with Crippen molar-refractivity contribution in [2.75, 3.05) is 0 Å². The van der Waals surface area contributed by atoms with Crippen molar-refractivity contribution in [2.24, 2.45) is 5.92 Å². The molecule has 0 saturated carbocycles. The van der Waals surface area contributed by atoms with Crippen LogP contribution in [0.25, 0.3) is 0 Å². The van der Waals surface area contributed by atoms with Gasteiger partial charge in [0.1, 0.15) is 0 Å². The molecule has 0 aliphatic heterocycles. The van der Waals surface area contributed by atoms with E-state index in [1.165, 1.54) is 0 Å². The van der Waals surface area contributed by atoms with Gasteiger partial charge >= 0.3 is 0 Å². The largest absolute Gasteiger partial charge is 0.372 e. The standard InChI is InChI=1S/C13H17NO/c1-11(2)13(8-9-14)15-10-12-6-4-3-5-7-12/h3-7,11,13H,8,10H2,1-2H3/t13-/m0/s1. The first-order valence-electron chi connectivity index (χ1n) is 5.26. The fourth-order valence-electron chi connectivity index (χ4n) is 1.35. The summed E-state index contributed by atoms with van der Waals surface area (Å²) in [6, 6.07) is 12.2. The summed E-state index contributed by atoms with van der Waals surface area (Å²) in [6.45, 7) is 4.74. The lowest BCUT2D eigenvalue weighted by Gasteiger charge is -2.18. The Morgan fingerprint density at radius 2 is 1.93 bits per heavy atom. The Hall–Kier alpha value is -1.33. The summed E-state index contributed by atoms with van der Waals surface area (Å²) in [6.07, 6.45) is 0.500. The van der Waals surface area contributed by atoms with E-state index in [2.05, 4.69) is 19.9 Å². The highest BCUT2D eigenvalue weighted by Gasteiger charge is 2.13. The molecule has 15 heavy (non-hydrogen) atoms. The molecule has 0 radical (unpaired) electrons. The number of benzene rings is 1. The third-order valence-electron chi connectivity index (χ3n) is 2.34. The predicted octanol–water partition coefficient (Wildman–Crippen LogP) is 3.14. The number of nitrogens with zero attached hydrogens (tertiary/aromatic N) is 1. The van der Waals surface area contributed by atoms with Crippen LogP contribution in [-0.4, -0.2) is 6.10 Å². The van der Waals surface area contributed by atoms with E-state index in [1.807, 2.05) is 30.3 Å². The lowest BCUT2D eigenvalue weighted by molar-refractivity contribution is 0.0139. The molecular formula is C13H17NO. The molecule has 0 heterocycles. The molecule has 0 N–H and O–H groups in total. The quantitative estimate of drug-likeness (QED) is 0.736. The zero-order chi connectivity index (χ0) is 11.1. The minimum absolute atomic E-state index is 0.0372. The number of hydrogen-bond donors (Lipinski definition) is 0. The average molecular weight is 203 g/mol. The van der Waals surface area contributed by atoms with Crippen LogP contribution in [0.3, 0.4) is 0 Å². The molecule has 0 spiro atoms. The SMILES string of the molecule is CC(C)[C@H](CC#N)OCc1ccccc1. The third-order valence-corrected chi connectivity index (χ3v) is 2.34. The summed E-state index contributed by atoms with van der Waals surface area (Å²) >= 11 is 0. The van der Waals surface area contributed by atoms with Crippen LogP contribution in [0.5, 0.6) is 0 Å². The smallest absolute Gasteiger partial charge is 0.0732 e. The first-order valence-corrected chi connectivity index (χ1v) is 5.26. The molecule has 0 aromatic heterocycles. The Bertz CT molecular complexity index is 313. The van der Waals surface area contributed by atoms with Crippen molar-refractivity contribution in [3.63, 3.8) is 0 Å². The zero-order valence-electron chi connectivity index (χ0n) is 9.31. The summed E-state index contributed by atoms with van der Waals surface area (Å²) in [5, 5.41) is 8.65. The van der Waals surface area contributed by atoms with Crippen LogP contribution in [0, 0.1) is 17.2 Å². The van der Waals surface area contributed by atoms with Gasteiger partial charge < -0.3 is 4.74 Å². The van der Waals surface area contributed by atoms with Gasteiger partial charge in [-0.1, -0.05) is 44.2 Å². The van der Waals surface area contributed by atoms with Crippen LogP contribution in [0.2, 0.25) is 0 Å². The van der Waals surface area contributed by atoms with Gasteiger partial charge in [-0.05, 0) is 11.5 Å². The Balaban J connectivity index is 2.44. The lowest BCUT2D eigenvalue weighted by Crippen LogP contribution is -2.18. The molecule has 0 bridgehead atoms. The van der Waals surface area contributed by atoms with Crippen molar-refractivity contribution in [1.29, 1.82) is 5.26 Å². The van der Waals surface area contributed by atoms with Crippen LogP contribution in [0.15, 0.2) is 30.3 Å². The highest BCUT2D eigenvalue weighted by molar-refractivity contribution is 5.13. The van der Waals surface area contributed by atoms with Gasteiger partial charge in [0.05, 0.1) is 25.2 Å². The van der Waals surface area contributed by atoms with Crippen LogP contribution < -0.4 is 0 Å². The molecule has 0 fully saturated rings. The highest BCUT2D eigenvalue weighted by Crippen LogP contribution is 2.13. The monoisotopic (exact) mass is 203 g/mol. The van der Waals surface area contributed by atoms with Gasteiger partial charge in [-0.15, -0.1) is 0 Å². The van der Waals surface area contributed by atoms with Crippen molar-refractivity contribution < 1.29 is 4.74 Å². The molecule has 1 atom stereocenters. The van der Waals surface area contributed by atoms with Gasteiger partial charge in [-0.3, -0.25) is 0 Å². The molecule has 80 valence electrons. The summed E-state index contributed by atoms with van der Waals surface area (Å²) < 4.78 is 5.71. The minimum Gasteiger partial charge on any atom is -0.372 e. The van der Waals surface area contributed by atoms with Gasteiger partial charge in [0.25, 0.3) is 0 Å². The molecule has 1 aromatic rings. The Labute approximate surface area is 91.5 Å². The molecular weight excluding hydrogens is 186 g/mol. The zero-order valence-corrected chi connectivity index (χ0v) is 9.31. The second-order valence-corrected chi connectivity index (χ2v) is 3.94. The minimum atomic E-state index is 0.0372. The molecule has 2 nitrogen and oxygen atoms in total. The van der Waals surface area contributed by atoms with Gasteiger partial charge in [0.2, 0.25) is 0 Å². The maximum Gasteiger partial charge on any atom is 0.0732 e.